The van der Waals surface area contributed by atoms with Crippen LogP contribution >= 0.6 is 0 Å². The summed E-state index contributed by atoms with van der Waals surface area (Å²) < 4.78 is 16.7. The molecule has 1 aliphatic rings. The summed E-state index contributed by atoms with van der Waals surface area (Å²) in [6.07, 6.45) is 0. The number of rotatable bonds is 1. The van der Waals surface area contributed by atoms with Crippen LogP contribution in [0.4, 0.5) is 0 Å². The zero-order valence-electron chi connectivity index (χ0n) is 14.1. The second-order valence-electron chi connectivity index (χ2n) is 6.59. The predicted octanol–water partition coefficient (Wildman–Crippen LogP) is 4.60. The lowest BCUT2D eigenvalue weighted by Gasteiger charge is -2.16. The van der Waals surface area contributed by atoms with Crippen molar-refractivity contribution >= 4 is 27.5 Å². The quantitative estimate of drug-likeness (QED) is 0.485. The third kappa shape index (κ3) is 2.18. The van der Waals surface area contributed by atoms with Crippen LogP contribution in [0.2, 0.25) is 0 Å². The summed E-state index contributed by atoms with van der Waals surface area (Å²) in [4.78, 5) is 12.3. The van der Waals surface area contributed by atoms with Crippen LogP contribution in [0, 0.1) is 6.92 Å². The van der Waals surface area contributed by atoms with Crippen LogP contribution in [0.3, 0.4) is 0 Å². The highest BCUT2D eigenvalue weighted by Gasteiger charge is 2.32. The predicted molar refractivity (Wildman–Crippen MR) is 92.9 cm³/mol. The van der Waals surface area contributed by atoms with E-state index < -0.39 is 5.79 Å². The normalized spacial score (nSPS) is 15.0. The number of hydrogen-bond donors (Lipinski definition) is 0. The molecule has 0 saturated carbocycles. The summed E-state index contributed by atoms with van der Waals surface area (Å²) >= 11 is 0. The van der Waals surface area contributed by atoms with Crippen molar-refractivity contribution in [1.82, 2.24) is 0 Å². The Bertz CT molecular complexity index is 1000. The summed E-state index contributed by atoms with van der Waals surface area (Å²) in [6.45, 7) is 5.78. The number of methoxy groups -OCH3 is 1. The number of fused-ring (bicyclic) bond motifs is 4. The number of esters is 1. The molecule has 0 amide bonds. The van der Waals surface area contributed by atoms with E-state index in [9.17, 15) is 4.79 Å². The standard InChI is InChI=1S/C20H18O4/c1-11-5-6-12-8-16(19(21)22-4)15-10-18-17(23-20(2,3)24-18)9-14(15)13(12)7-11/h5-10H,1-4H3. The summed E-state index contributed by atoms with van der Waals surface area (Å²) in [5.74, 6) is 0.263. The molecule has 0 radical (unpaired) electrons. The molecule has 0 atom stereocenters. The average molecular weight is 322 g/mol. The number of aryl methyl sites for hydroxylation is 1. The van der Waals surface area contributed by atoms with Crippen molar-refractivity contribution in [3.63, 3.8) is 0 Å². The molecule has 122 valence electrons. The van der Waals surface area contributed by atoms with E-state index in [1.165, 1.54) is 7.11 Å². The second kappa shape index (κ2) is 4.87. The highest BCUT2D eigenvalue weighted by Crippen LogP contribution is 2.44. The Morgan fingerprint density at radius 2 is 1.62 bits per heavy atom. The minimum Gasteiger partial charge on any atom is -0.465 e. The summed E-state index contributed by atoms with van der Waals surface area (Å²) in [7, 11) is 1.39. The zero-order valence-corrected chi connectivity index (χ0v) is 14.1. The molecule has 1 heterocycles. The van der Waals surface area contributed by atoms with Gasteiger partial charge in [-0.05, 0) is 41.3 Å². The van der Waals surface area contributed by atoms with Crippen molar-refractivity contribution in [2.45, 2.75) is 26.6 Å². The van der Waals surface area contributed by atoms with Gasteiger partial charge >= 0.3 is 5.97 Å². The molecular weight excluding hydrogens is 304 g/mol. The van der Waals surface area contributed by atoms with E-state index >= 15 is 0 Å². The third-order valence-corrected chi connectivity index (χ3v) is 4.29. The molecule has 3 aromatic rings. The van der Waals surface area contributed by atoms with Crippen LogP contribution < -0.4 is 9.47 Å². The fraction of sp³-hybridized carbons (Fsp3) is 0.250. The van der Waals surface area contributed by atoms with E-state index in [0.717, 1.165) is 27.1 Å². The number of carbonyl (C=O) groups is 1. The molecular formula is C20H18O4. The Hall–Kier alpha value is -2.75. The molecule has 3 aromatic carbocycles. The first kappa shape index (κ1) is 14.8. The van der Waals surface area contributed by atoms with Gasteiger partial charge in [0.1, 0.15) is 0 Å². The van der Waals surface area contributed by atoms with E-state index in [-0.39, 0.29) is 5.97 Å². The van der Waals surface area contributed by atoms with Crippen LogP contribution in [-0.4, -0.2) is 18.9 Å². The van der Waals surface area contributed by atoms with Crippen molar-refractivity contribution in [3.05, 3.63) is 47.5 Å². The maximum absolute atomic E-state index is 12.3. The first-order valence-electron chi connectivity index (χ1n) is 7.85. The van der Waals surface area contributed by atoms with Crippen molar-refractivity contribution in [1.29, 1.82) is 0 Å². The van der Waals surface area contributed by atoms with Gasteiger partial charge in [-0.25, -0.2) is 4.79 Å². The number of hydrogen-bond acceptors (Lipinski definition) is 4. The zero-order chi connectivity index (χ0) is 17.1. The maximum Gasteiger partial charge on any atom is 0.338 e. The Morgan fingerprint density at radius 1 is 0.958 bits per heavy atom. The molecule has 0 N–H and O–H groups in total. The van der Waals surface area contributed by atoms with Crippen LogP contribution in [-0.2, 0) is 4.74 Å². The van der Waals surface area contributed by atoms with Gasteiger partial charge in [0, 0.05) is 19.2 Å². The Kier molecular flexibility index (Phi) is 3.01. The maximum atomic E-state index is 12.3. The molecule has 4 rings (SSSR count). The van der Waals surface area contributed by atoms with Gasteiger partial charge in [-0.1, -0.05) is 23.8 Å². The smallest absolute Gasteiger partial charge is 0.338 e. The Labute approximate surface area is 139 Å². The van der Waals surface area contributed by atoms with E-state index in [1.807, 2.05) is 44.2 Å². The lowest BCUT2D eigenvalue weighted by molar-refractivity contribution is -0.0431. The lowest BCUT2D eigenvalue weighted by Crippen LogP contribution is -2.29. The molecule has 0 unspecified atom stereocenters. The number of benzene rings is 3. The largest absolute Gasteiger partial charge is 0.465 e. The summed E-state index contributed by atoms with van der Waals surface area (Å²) in [5.41, 5.74) is 1.69. The minimum atomic E-state index is -0.711. The molecule has 0 aliphatic carbocycles. The van der Waals surface area contributed by atoms with E-state index in [4.69, 9.17) is 14.2 Å². The summed E-state index contributed by atoms with van der Waals surface area (Å²) in [5, 5.41) is 3.83. The Morgan fingerprint density at radius 3 is 2.29 bits per heavy atom. The third-order valence-electron chi connectivity index (χ3n) is 4.29. The fourth-order valence-corrected chi connectivity index (χ4v) is 3.26. The molecule has 4 heteroatoms. The van der Waals surface area contributed by atoms with Gasteiger partial charge < -0.3 is 14.2 Å². The number of ether oxygens (including phenoxy) is 3. The van der Waals surface area contributed by atoms with E-state index in [0.29, 0.717) is 17.1 Å². The monoisotopic (exact) mass is 322 g/mol. The molecule has 0 fully saturated rings. The first-order valence-corrected chi connectivity index (χ1v) is 7.85. The van der Waals surface area contributed by atoms with Crippen molar-refractivity contribution in [2.24, 2.45) is 0 Å². The SMILES string of the molecule is COC(=O)c1cc2ccc(C)cc2c2cc3c(cc12)OC(C)(C)O3. The molecule has 0 bridgehead atoms. The molecule has 0 spiro atoms. The summed E-state index contributed by atoms with van der Waals surface area (Å²) in [6, 6.07) is 11.9. The molecule has 0 aromatic heterocycles. The molecule has 1 aliphatic heterocycles. The van der Waals surface area contributed by atoms with Gasteiger partial charge in [0.2, 0.25) is 5.79 Å². The van der Waals surface area contributed by atoms with Crippen LogP contribution in [0.5, 0.6) is 11.5 Å². The highest BCUT2D eigenvalue weighted by atomic mass is 16.7. The van der Waals surface area contributed by atoms with E-state index in [1.54, 1.807) is 0 Å². The van der Waals surface area contributed by atoms with Crippen molar-refractivity contribution < 1.29 is 19.0 Å². The van der Waals surface area contributed by atoms with Gasteiger partial charge in [-0.2, -0.15) is 0 Å². The molecule has 4 nitrogen and oxygen atoms in total. The lowest BCUT2D eigenvalue weighted by atomic mass is 9.95. The van der Waals surface area contributed by atoms with Gasteiger partial charge in [0.15, 0.2) is 11.5 Å². The van der Waals surface area contributed by atoms with Crippen molar-refractivity contribution in [2.75, 3.05) is 7.11 Å². The number of carbonyl (C=O) groups excluding carboxylic acids is 1. The molecule has 0 saturated heterocycles. The second-order valence-corrected chi connectivity index (χ2v) is 6.59. The van der Waals surface area contributed by atoms with E-state index in [2.05, 4.69) is 13.0 Å². The molecule has 24 heavy (non-hydrogen) atoms. The van der Waals surface area contributed by atoms with Crippen LogP contribution in [0.25, 0.3) is 21.5 Å². The van der Waals surface area contributed by atoms with Crippen LogP contribution in [0.1, 0.15) is 29.8 Å². The van der Waals surface area contributed by atoms with Gasteiger partial charge in [-0.15, -0.1) is 0 Å². The highest BCUT2D eigenvalue weighted by molar-refractivity contribution is 6.17. The fourth-order valence-electron chi connectivity index (χ4n) is 3.26. The topological polar surface area (TPSA) is 44.8 Å². The first-order chi connectivity index (χ1) is 11.4. The van der Waals surface area contributed by atoms with Crippen molar-refractivity contribution in [3.8, 4) is 11.5 Å². The Balaban J connectivity index is 2.12. The van der Waals surface area contributed by atoms with Gasteiger partial charge in [0.25, 0.3) is 0 Å². The minimum absolute atomic E-state index is 0.361. The van der Waals surface area contributed by atoms with Gasteiger partial charge in [-0.3, -0.25) is 0 Å². The average Bonchev–Trinajstić information content (AvgIpc) is 2.84. The van der Waals surface area contributed by atoms with Crippen LogP contribution in [0.15, 0.2) is 36.4 Å². The van der Waals surface area contributed by atoms with Gasteiger partial charge in [0.05, 0.1) is 12.7 Å².